The summed E-state index contributed by atoms with van der Waals surface area (Å²) in [6.45, 7) is 1.87. The van der Waals surface area contributed by atoms with Crippen molar-refractivity contribution in [3.8, 4) is 22.6 Å². The number of nitrogens with zero attached hydrogens (tertiary/aromatic N) is 1. The van der Waals surface area contributed by atoms with Crippen molar-refractivity contribution in [2.24, 2.45) is 0 Å². The Balaban J connectivity index is 2.74. The van der Waals surface area contributed by atoms with Gasteiger partial charge in [-0.15, -0.1) is 0 Å². The Morgan fingerprint density at radius 3 is 2.47 bits per heavy atom. The summed E-state index contributed by atoms with van der Waals surface area (Å²) in [5, 5.41) is 20.8. The van der Waals surface area contributed by atoms with E-state index in [0.29, 0.717) is 5.56 Å². The van der Waals surface area contributed by atoms with E-state index >= 15 is 0 Å². The molecule has 2 aromatic carbocycles. The lowest BCUT2D eigenvalue weighted by Gasteiger charge is -2.10. The average Bonchev–Trinajstić information content (AvgIpc) is 2.39. The fourth-order valence-electron chi connectivity index (χ4n) is 1.96. The fraction of sp³-hybridized carbons (Fsp3) is 0.143. The molecular formula is C14H13NO4. The van der Waals surface area contributed by atoms with Crippen LogP contribution >= 0.6 is 0 Å². The molecule has 2 aromatic rings. The van der Waals surface area contributed by atoms with Crippen molar-refractivity contribution in [3.05, 3.63) is 52.1 Å². The summed E-state index contributed by atoms with van der Waals surface area (Å²) in [6.07, 6.45) is 0. The van der Waals surface area contributed by atoms with E-state index in [1.165, 1.54) is 13.2 Å². The zero-order chi connectivity index (χ0) is 14.0. The predicted molar refractivity (Wildman–Crippen MR) is 71.5 cm³/mol. The summed E-state index contributed by atoms with van der Waals surface area (Å²) in [6, 6.07) is 9.94. The molecule has 0 saturated carbocycles. The van der Waals surface area contributed by atoms with Crippen molar-refractivity contribution in [2.45, 2.75) is 6.92 Å². The Morgan fingerprint density at radius 1 is 1.21 bits per heavy atom. The second kappa shape index (κ2) is 4.97. The molecule has 0 radical (unpaired) electrons. The lowest BCUT2D eigenvalue weighted by atomic mass is 9.98. The molecule has 0 aliphatic heterocycles. The van der Waals surface area contributed by atoms with Crippen LogP contribution in [-0.2, 0) is 0 Å². The van der Waals surface area contributed by atoms with Crippen LogP contribution in [0.15, 0.2) is 36.4 Å². The Labute approximate surface area is 110 Å². The van der Waals surface area contributed by atoms with Crippen LogP contribution in [0.3, 0.4) is 0 Å². The number of aromatic hydroxyl groups is 1. The molecule has 0 aliphatic carbocycles. The highest BCUT2D eigenvalue weighted by Crippen LogP contribution is 2.40. The number of aryl methyl sites for hydroxylation is 1. The SMILES string of the molecule is COc1cc(-c2ccccc2C)c([N+](=O)[O-])cc1O. The van der Waals surface area contributed by atoms with Gasteiger partial charge in [-0.3, -0.25) is 10.1 Å². The predicted octanol–water partition coefficient (Wildman–Crippen LogP) is 3.28. The molecule has 0 amide bonds. The first kappa shape index (κ1) is 12.9. The number of benzene rings is 2. The molecular weight excluding hydrogens is 246 g/mol. The lowest BCUT2D eigenvalue weighted by molar-refractivity contribution is -0.384. The highest BCUT2D eigenvalue weighted by Gasteiger charge is 2.20. The molecule has 19 heavy (non-hydrogen) atoms. The summed E-state index contributed by atoms with van der Waals surface area (Å²) >= 11 is 0. The van der Waals surface area contributed by atoms with Crippen molar-refractivity contribution in [2.75, 3.05) is 7.11 Å². The number of nitro benzene ring substituents is 1. The minimum Gasteiger partial charge on any atom is -0.504 e. The number of ether oxygens (including phenoxy) is 1. The molecule has 5 nitrogen and oxygen atoms in total. The topological polar surface area (TPSA) is 72.6 Å². The van der Waals surface area contributed by atoms with Gasteiger partial charge in [-0.2, -0.15) is 0 Å². The smallest absolute Gasteiger partial charge is 0.281 e. The van der Waals surface area contributed by atoms with Crippen LogP contribution in [0.2, 0.25) is 0 Å². The van der Waals surface area contributed by atoms with Crippen LogP contribution in [0.4, 0.5) is 5.69 Å². The summed E-state index contributed by atoms with van der Waals surface area (Å²) in [5.74, 6) is -0.0320. The largest absolute Gasteiger partial charge is 0.504 e. The van der Waals surface area contributed by atoms with Gasteiger partial charge < -0.3 is 9.84 Å². The van der Waals surface area contributed by atoms with Gasteiger partial charge in [0.25, 0.3) is 5.69 Å². The maximum Gasteiger partial charge on any atom is 0.281 e. The highest BCUT2D eigenvalue weighted by molar-refractivity contribution is 5.79. The number of rotatable bonds is 3. The minimum absolute atomic E-state index is 0.146. The van der Waals surface area contributed by atoms with Crippen molar-refractivity contribution in [1.29, 1.82) is 0 Å². The molecule has 0 bridgehead atoms. The molecule has 0 fully saturated rings. The molecule has 5 heteroatoms. The second-order valence-corrected chi connectivity index (χ2v) is 4.11. The number of methoxy groups -OCH3 is 1. The summed E-state index contributed by atoms with van der Waals surface area (Å²) in [4.78, 5) is 10.6. The van der Waals surface area contributed by atoms with E-state index in [9.17, 15) is 15.2 Å². The standard InChI is InChI=1S/C14H13NO4/c1-9-5-3-4-6-10(9)11-7-14(19-2)13(16)8-12(11)15(17)18/h3-8,16H,1-2H3. The Kier molecular flexibility index (Phi) is 3.37. The quantitative estimate of drug-likeness (QED) is 0.678. The van der Waals surface area contributed by atoms with E-state index < -0.39 is 4.92 Å². The Hall–Kier alpha value is -2.56. The van der Waals surface area contributed by atoms with Gasteiger partial charge in [0.05, 0.1) is 23.7 Å². The third-order valence-corrected chi connectivity index (χ3v) is 2.93. The molecule has 0 aliphatic rings. The van der Waals surface area contributed by atoms with E-state index in [4.69, 9.17) is 4.74 Å². The number of phenolic OH excluding ortho intramolecular Hbond substituents is 1. The summed E-state index contributed by atoms with van der Waals surface area (Å²) < 4.78 is 5.01. The van der Waals surface area contributed by atoms with Gasteiger partial charge in [0, 0.05) is 0 Å². The van der Waals surface area contributed by atoms with E-state index in [1.54, 1.807) is 6.07 Å². The molecule has 0 atom stereocenters. The fourth-order valence-corrected chi connectivity index (χ4v) is 1.96. The lowest BCUT2D eigenvalue weighted by Crippen LogP contribution is -1.95. The summed E-state index contributed by atoms with van der Waals surface area (Å²) in [5.41, 5.74) is 1.94. The number of nitro groups is 1. The van der Waals surface area contributed by atoms with Gasteiger partial charge in [0.2, 0.25) is 0 Å². The molecule has 0 spiro atoms. The first-order valence-electron chi connectivity index (χ1n) is 5.66. The molecule has 0 saturated heterocycles. The number of hydrogen-bond donors (Lipinski definition) is 1. The van der Waals surface area contributed by atoms with Gasteiger partial charge in [0.15, 0.2) is 11.5 Å². The van der Waals surface area contributed by atoms with E-state index in [-0.39, 0.29) is 17.2 Å². The molecule has 98 valence electrons. The van der Waals surface area contributed by atoms with Crippen LogP contribution in [0.25, 0.3) is 11.1 Å². The normalized spacial score (nSPS) is 10.2. The van der Waals surface area contributed by atoms with Crippen molar-refractivity contribution in [3.63, 3.8) is 0 Å². The van der Waals surface area contributed by atoms with Gasteiger partial charge in [-0.05, 0) is 24.1 Å². The third-order valence-electron chi connectivity index (χ3n) is 2.93. The zero-order valence-corrected chi connectivity index (χ0v) is 10.6. The maximum atomic E-state index is 11.1. The van der Waals surface area contributed by atoms with Gasteiger partial charge in [-0.1, -0.05) is 24.3 Å². The van der Waals surface area contributed by atoms with Crippen molar-refractivity contribution in [1.82, 2.24) is 0 Å². The van der Waals surface area contributed by atoms with Crippen LogP contribution in [0.5, 0.6) is 11.5 Å². The maximum absolute atomic E-state index is 11.1. The Bertz CT molecular complexity index is 637. The second-order valence-electron chi connectivity index (χ2n) is 4.11. The first-order chi connectivity index (χ1) is 9.04. The van der Waals surface area contributed by atoms with Crippen LogP contribution in [0, 0.1) is 17.0 Å². The van der Waals surface area contributed by atoms with Crippen LogP contribution < -0.4 is 4.74 Å². The van der Waals surface area contributed by atoms with E-state index in [1.807, 2.05) is 25.1 Å². The first-order valence-corrected chi connectivity index (χ1v) is 5.66. The minimum atomic E-state index is -0.513. The van der Waals surface area contributed by atoms with Crippen LogP contribution in [0.1, 0.15) is 5.56 Å². The molecule has 0 unspecified atom stereocenters. The number of hydrogen-bond acceptors (Lipinski definition) is 4. The number of phenols is 1. The molecule has 2 rings (SSSR count). The van der Waals surface area contributed by atoms with Gasteiger partial charge in [-0.25, -0.2) is 0 Å². The van der Waals surface area contributed by atoms with E-state index in [2.05, 4.69) is 0 Å². The van der Waals surface area contributed by atoms with Crippen molar-refractivity contribution < 1.29 is 14.8 Å². The Morgan fingerprint density at radius 2 is 1.89 bits per heavy atom. The zero-order valence-electron chi connectivity index (χ0n) is 10.6. The monoisotopic (exact) mass is 259 g/mol. The van der Waals surface area contributed by atoms with Gasteiger partial charge >= 0.3 is 0 Å². The van der Waals surface area contributed by atoms with Crippen molar-refractivity contribution >= 4 is 5.69 Å². The molecule has 1 N–H and O–H groups in total. The third kappa shape index (κ3) is 2.35. The highest BCUT2D eigenvalue weighted by atomic mass is 16.6. The molecule has 0 heterocycles. The molecule has 0 aromatic heterocycles. The van der Waals surface area contributed by atoms with Crippen LogP contribution in [-0.4, -0.2) is 17.1 Å². The average molecular weight is 259 g/mol. The van der Waals surface area contributed by atoms with E-state index in [0.717, 1.165) is 17.2 Å². The summed E-state index contributed by atoms with van der Waals surface area (Å²) in [7, 11) is 1.41. The van der Waals surface area contributed by atoms with Gasteiger partial charge in [0.1, 0.15) is 0 Å².